The molecule has 0 bridgehead atoms. The van der Waals surface area contributed by atoms with Gasteiger partial charge in [0, 0.05) is 12.0 Å². The lowest BCUT2D eigenvalue weighted by Gasteiger charge is -2.70. The van der Waals surface area contributed by atoms with Crippen molar-refractivity contribution in [3.05, 3.63) is 33.8 Å². The maximum Gasteiger partial charge on any atom is 0.519 e. The number of allylic oxidation sites excluding steroid dienone is 2. The molecule has 10 atom stereocenters. The third-order valence-electron chi connectivity index (χ3n) is 14.7. The summed E-state index contributed by atoms with van der Waals surface area (Å²) in [7, 11) is -3.71. The molecule has 1 aromatic heterocycles. The van der Waals surface area contributed by atoms with E-state index >= 15 is 0 Å². The molecule has 2 N–H and O–H groups in total. The summed E-state index contributed by atoms with van der Waals surface area (Å²) in [4.78, 5) is 53.1. The first-order valence-corrected chi connectivity index (χ1v) is 19.2. The van der Waals surface area contributed by atoms with Crippen molar-refractivity contribution in [2.24, 2.45) is 50.2 Å². The number of carbonyl (C=O) groups excluding carboxylic acids is 2. The van der Waals surface area contributed by atoms with Gasteiger partial charge in [-0.1, -0.05) is 33.3 Å². The molecule has 0 saturated heterocycles. The Morgan fingerprint density at radius 1 is 0.979 bits per heavy atom. The zero-order valence-electron chi connectivity index (χ0n) is 29.5. The van der Waals surface area contributed by atoms with Crippen molar-refractivity contribution in [3.63, 3.8) is 0 Å². The van der Waals surface area contributed by atoms with Gasteiger partial charge >= 0.3 is 17.8 Å². The first-order valence-electron chi connectivity index (χ1n) is 17.3. The lowest BCUT2D eigenvalue weighted by molar-refractivity contribution is -0.204. The summed E-state index contributed by atoms with van der Waals surface area (Å²) < 4.78 is 43.7. The van der Waals surface area contributed by atoms with E-state index in [4.69, 9.17) is 13.6 Å². The second-order valence-corrected chi connectivity index (χ2v) is 19.1. The van der Waals surface area contributed by atoms with Gasteiger partial charge in [0.15, 0.2) is 23.9 Å². The van der Waals surface area contributed by atoms with Crippen LogP contribution in [0.4, 0.5) is 0 Å². The van der Waals surface area contributed by atoms with Crippen molar-refractivity contribution < 1.29 is 41.5 Å². The molecule has 48 heavy (non-hydrogen) atoms. The van der Waals surface area contributed by atoms with Crippen molar-refractivity contribution in [1.82, 2.24) is 4.72 Å². The molecule has 0 amide bonds. The SMILES string of the molecule is Cc1oc(=O)oc1COC(=O)[C@]1(C)[C@@H](NS(C)(=O)=O)CC[C@@]2(C)[C@H]1CC[C@]1(C)[C@@H]2C(=O)C=C2[C@@H]3C[C@@](C)(C(=O)O)CC[C@]3(C)CC[C@]21C. The fourth-order valence-corrected chi connectivity index (χ4v) is 12.5. The zero-order chi connectivity index (χ0) is 35.5. The fourth-order valence-electron chi connectivity index (χ4n) is 11.6. The van der Waals surface area contributed by atoms with E-state index in [9.17, 15) is 32.7 Å². The molecule has 0 spiro atoms. The van der Waals surface area contributed by atoms with Crippen LogP contribution in [-0.4, -0.2) is 43.5 Å². The molecule has 5 aliphatic carbocycles. The number of aliphatic carboxylic acids is 1. The molecule has 0 radical (unpaired) electrons. The Morgan fingerprint density at radius 3 is 2.25 bits per heavy atom. The van der Waals surface area contributed by atoms with Crippen LogP contribution < -0.4 is 10.5 Å². The standard InChI is InChI=1S/C36H51NO10S/c1-20-24(47-30(42)46-20)19-45-29(41)36(7)25-9-12-35(6)27(33(25,4)11-10-26(36)37-48(8,43)44)23(38)17-21-22-18-32(3,28(39)40)14-13-31(22,2)15-16-34(21,35)5/h17,22,25-27,37H,9-16,18-19H2,1-8H3,(H,39,40)/t22-,25+,26-,27+,31+,32-,33-,34+,35+,36-/m0/s1. The number of aryl methyl sites for hydroxylation is 1. The van der Waals surface area contributed by atoms with Crippen molar-refractivity contribution in [2.45, 2.75) is 119 Å². The van der Waals surface area contributed by atoms with Crippen molar-refractivity contribution in [1.29, 1.82) is 0 Å². The number of fused-ring (bicyclic) bond motifs is 7. The van der Waals surface area contributed by atoms with Gasteiger partial charge in [-0.3, -0.25) is 14.4 Å². The van der Waals surface area contributed by atoms with Crippen LogP contribution in [0.1, 0.15) is 111 Å². The molecular formula is C36H51NO10S. The van der Waals surface area contributed by atoms with Crippen LogP contribution in [0.15, 0.2) is 25.3 Å². The Morgan fingerprint density at radius 2 is 1.65 bits per heavy atom. The molecule has 5 aliphatic rings. The van der Waals surface area contributed by atoms with Gasteiger partial charge < -0.3 is 18.7 Å². The molecule has 12 heteroatoms. The smallest absolute Gasteiger partial charge is 0.481 e. The number of carboxylic acids is 1. The van der Waals surface area contributed by atoms with Crippen LogP contribution >= 0.6 is 0 Å². The predicted molar refractivity (Wildman–Crippen MR) is 175 cm³/mol. The Bertz CT molecular complexity index is 1760. The van der Waals surface area contributed by atoms with Gasteiger partial charge in [0.1, 0.15) is 0 Å². The quantitative estimate of drug-likeness (QED) is 0.361. The molecule has 11 nitrogen and oxygen atoms in total. The molecule has 0 aromatic carbocycles. The molecule has 6 rings (SSSR count). The molecule has 1 heterocycles. The highest BCUT2D eigenvalue weighted by Gasteiger charge is 2.72. The van der Waals surface area contributed by atoms with Gasteiger partial charge in [0.25, 0.3) is 0 Å². The van der Waals surface area contributed by atoms with Gasteiger partial charge in [-0.2, -0.15) is 0 Å². The number of hydrogen-bond donors (Lipinski definition) is 2. The van der Waals surface area contributed by atoms with E-state index < -0.39 is 67.3 Å². The minimum atomic E-state index is -3.71. The summed E-state index contributed by atoms with van der Waals surface area (Å²) in [5.74, 6) is -2.87. The van der Waals surface area contributed by atoms with Crippen molar-refractivity contribution in [3.8, 4) is 0 Å². The number of esters is 1. The second-order valence-electron chi connectivity index (χ2n) is 17.3. The summed E-state index contributed by atoms with van der Waals surface area (Å²) in [6, 6.07) is -0.772. The maximum atomic E-state index is 14.7. The Hall–Kier alpha value is -2.73. The monoisotopic (exact) mass is 689 g/mol. The number of carboxylic acid groups (broad SMARTS) is 1. The summed E-state index contributed by atoms with van der Waals surface area (Å²) in [5, 5.41) is 10.2. The van der Waals surface area contributed by atoms with Gasteiger partial charge in [-0.25, -0.2) is 17.9 Å². The molecule has 1 aromatic rings. The Labute approximate surface area is 282 Å². The molecule has 266 valence electrons. The first-order chi connectivity index (χ1) is 22.0. The molecule has 4 saturated carbocycles. The summed E-state index contributed by atoms with van der Waals surface area (Å²) in [6.45, 7) is 13.6. The van der Waals surface area contributed by atoms with Crippen molar-refractivity contribution in [2.75, 3.05) is 6.26 Å². The van der Waals surface area contributed by atoms with E-state index in [-0.39, 0.29) is 40.7 Å². The fraction of sp³-hybridized carbons (Fsp3) is 0.778. The third-order valence-corrected chi connectivity index (χ3v) is 15.5. The number of hydrogen-bond acceptors (Lipinski definition) is 9. The van der Waals surface area contributed by atoms with E-state index in [0.29, 0.717) is 38.5 Å². The summed E-state index contributed by atoms with van der Waals surface area (Å²) >= 11 is 0. The van der Waals surface area contributed by atoms with E-state index in [1.165, 1.54) is 6.92 Å². The summed E-state index contributed by atoms with van der Waals surface area (Å²) in [5.41, 5.74) is -2.64. The Balaban J connectivity index is 1.41. The average molecular weight is 690 g/mol. The highest BCUT2D eigenvalue weighted by molar-refractivity contribution is 7.88. The van der Waals surface area contributed by atoms with Crippen molar-refractivity contribution >= 4 is 27.7 Å². The third kappa shape index (κ3) is 4.93. The number of carbonyl (C=O) groups is 3. The highest BCUT2D eigenvalue weighted by Crippen LogP contribution is 2.75. The van der Waals surface area contributed by atoms with Gasteiger partial charge in [-0.05, 0) is 118 Å². The molecule has 0 unspecified atom stereocenters. The van der Waals surface area contributed by atoms with Crippen LogP contribution in [0, 0.1) is 57.2 Å². The van der Waals surface area contributed by atoms with E-state index in [1.807, 2.05) is 13.0 Å². The summed E-state index contributed by atoms with van der Waals surface area (Å²) in [6.07, 6.45) is 8.78. The zero-order valence-corrected chi connectivity index (χ0v) is 30.3. The number of rotatable bonds is 6. The minimum absolute atomic E-state index is 0.0141. The lowest BCUT2D eigenvalue weighted by atomic mass is 9.33. The van der Waals surface area contributed by atoms with E-state index in [0.717, 1.165) is 31.1 Å². The van der Waals surface area contributed by atoms with Crippen LogP contribution in [0.3, 0.4) is 0 Å². The highest BCUT2D eigenvalue weighted by atomic mass is 32.2. The predicted octanol–water partition coefficient (Wildman–Crippen LogP) is 5.55. The normalized spacial score (nSPS) is 44.0. The molecule has 4 fully saturated rings. The number of ketones is 1. The number of sulfonamides is 1. The van der Waals surface area contributed by atoms with Gasteiger partial charge in [-0.15, -0.1) is 0 Å². The van der Waals surface area contributed by atoms with E-state index in [1.54, 1.807) is 6.92 Å². The van der Waals surface area contributed by atoms with Crippen LogP contribution in [0.25, 0.3) is 0 Å². The topological polar surface area (TPSA) is 170 Å². The van der Waals surface area contributed by atoms with Crippen LogP contribution in [0.2, 0.25) is 0 Å². The molecular weight excluding hydrogens is 638 g/mol. The maximum absolute atomic E-state index is 14.7. The Kier molecular flexibility index (Phi) is 7.96. The number of nitrogens with one attached hydrogen (secondary N) is 1. The van der Waals surface area contributed by atoms with E-state index in [2.05, 4.69) is 32.4 Å². The second kappa shape index (κ2) is 10.9. The molecule has 0 aliphatic heterocycles. The largest absolute Gasteiger partial charge is 0.519 e. The first kappa shape index (κ1) is 35.1. The van der Waals surface area contributed by atoms with Crippen LogP contribution in [-0.2, 0) is 35.8 Å². The van der Waals surface area contributed by atoms with Crippen LogP contribution in [0.5, 0.6) is 0 Å². The average Bonchev–Trinajstić information content (AvgIpc) is 3.30. The van der Waals surface area contributed by atoms with Gasteiger partial charge in [0.05, 0.1) is 17.1 Å². The lowest BCUT2D eigenvalue weighted by Crippen LogP contribution is -2.69. The van der Waals surface area contributed by atoms with Gasteiger partial charge in [0.2, 0.25) is 10.0 Å². The number of ether oxygens (including phenoxy) is 1. The minimum Gasteiger partial charge on any atom is -0.481 e.